The molecule has 3 radical (unpaired) electrons. The second-order valence-electron chi connectivity index (χ2n) is 0.253. The van der Waals surface area contributed by atoms with Gasteiger partial charge in [-0.25, -0.2) is 0 Å². The summed E-state index contributed by atoms with van der Waals surface area (Å²) in [4.78, 5) is 0. The smallest absolute Gasteiger partial charge is 0 e. The van der Waals surface area contributed by atoms with Crippen molar-refractivity contribution in [3.8, 4) is 0 Å². The Morgan fingerprint density at radius 2 is 1.40 bits per heavy atom. The van der Waals surface area contributed by atoms with E-state index in [4.69, 9.17) is 11.9 Å². The zero-order valence-electron chi connectivity index (χ0n) is 2.46. The predicted molar refractivity (Wildman–Crippen MR) is 16.6 cm³/mol. The molecule has 0 aromatic heterocycles. The Morgan fingerprint density at radius 3 is 1.40 bits per heavy atom. The first-order chi connectivity index (χ1) is 1.73. The Kier molecular flexibility index (Phi) is 10.8. The van der Waals surface area contributed by atoms with Gasteiger partial charge in [-0.1, -0.05) is 0 Å². The molecule has 0 amide bonds. The van der Waals surface area contributed by atoms with Gasteiger partial charge in [0.05, 0.1) is 0 Å². The first-order valence-electron chi connectivity index (χ1n) is 0.583. The zero-order valence-corrected chi connectivity index (χ0v) is 6.54. The molecule has 0 aliphatic rings. The van der Waals surface area contributed by atoms with Gasteiger partial charge in [0.15, 0.2) is 0 Å². The molecule has 0 heterocycles. The first-order valence-corrected chi connectivity index (χ1v) is 3.03. The molecule has 0 saturated heterocycles. The van der Waals surface area contributed by atoms with Crippen LogP contribution in [0, 0.1) is 0 Å². The quantitative estimate of drug-likeness (QED) is 0.408. The normalized spacial score (nSPS) is 5.20. The van der Waals surface area contributed by atoms with E-state index in [0.717, 1.165) is 0 Å². The molecule has 5 heavy (non-hydrogen) atoms. The summed E-state index contributed by atoms with van der Waals surface area (Å²) in [6.45, 7) is 0. The van der Waals surface area contributed by atoms with Gasteiger partial charge in [0.1, 0.15) is 0 Å². The molecule has 0 spiro atoms. The van der Waals surface area contributed by atoms with Crippen LogP contribution in [-0.4, -0.2) is 61.2 Å². The average molecular weight is 165 g/mol. The van der Waals surface area contributed by atoms with Crippen molar-refractivity contribution >= 4 is 53.0 Å². The molecule has 0 fully saturated rings. The SMILES string of the molecule is O=[As](O)O.[Ca]. The van der Waals surface area contributed by atoms with Crippen molar-refractivity contribution in [2.75, 3.05) is 0 Å². The van der Waals surface area contributed by atoms with Crippen LogP contribution in [0.1, 0.15) is 0 Å². The maximum absolute atomic E-state index is 8.78. The van der Waals surface area contributed by atoms with E-state index in [-0.39, 0.29) is 37.7 Å². The Balaban J connectivity index is 0. The summed E-state index contributed by atoms with van der Waals surface area (Å²) < 4.78 is 23.2. The standard InChI is InChI=1S/AsH2O3.Ca/c2-1(3)4;/h(H2,2,3,4);. The van der Waals surface area contributed by atoms with Gasteiger partial charge in [-0.15, -0.1) is 0 Å². The Morgan fingerprint density at radius 1 is 1.40 bits per heavy atom. The van der Waals surface area contributed by atoms with Crippen LogP contribution in [0.3, 0.4) is 0 Å². The third-order valence-electron chi connectivity index (χ3n) is 0. The number of hydrogen-bond acceptors (Lipinski definition) is 1. The van der Waals surface area contributed by atoms with Crippen molar-refractivity contribution in [3.05, 3.63) is 0 Å². The second kappa shape index (κ2) is 5.54. The summed E-state index contributed by atoms with van der Waals surface area (Å²) in [6, 6.07) is 0. The average Bonchev–Trinajstić information content (AvgIpc) is 0.811. The summed E-state index contributed by atoms with van der Waals surface area (Å²) in [5.74, 6) is 0. The van der Waals surface area contributed by atoms with Crippen LogP contribution in [0.5, 0.6) is 0 Å². The van der Waals surface area contributed by atoms with Crippen LogP contribution in [0.15, 0.2) is 0 Å². The molecular weight excluding hydrogens is 163 g/mol. The molecule has 0 bridgehead atoms. The monoisotopic (exact) mass is 165 g/mol. The molecule has 0 saturated carbocycles. The molecular formula is H2AsCaO3. The van der Waals surface area contributed by atoms with Crippen LogP contribution in [0.4, 0.5) is 0 Å². The van der Waals surface area contributed by atoms with Gasteiger partial charge in [-0.3, -0.25) is 0 Å². The molecule has 27 valence electrons. The van der Waals surface area contributed by atoms with Crippen LogP contribution in [0.25, 0.3) is 0 Å². The minimum atomic E-state index is -3.44. The third kappa shape index (κ3) is 29.3. The molecule has 0 aliphatic heterocycles. The molecule has 0 atom stereocenters. The number of hydrogen-bond donors (Lipinski definition) is 2. The van der Waals surface area contributed by atoms with Gasteiger partial charge in [0, 0.05) is 37.7 Å². The summed E-state index contributed by atoms with van der Waals surface area (Å²) >= 11 is -3.44. The summed E-state index contributed by atoms with van der Waals surface area (Å²) in [6.07, 6.45) is 0. The zero-order chi connectivity index (χ0) is 3.58. The van der Waals surface area contributed by atoms with Gasteiger partial charge in [-0.2, -0.15) is 0 Å². The van der Waals surface area contributed by atoms with E-state index < -0.39 is 15.3 Å². The molecule has 0 aliphatic carbocycles. The van der Waals surface area contributed by atoms with E-state index in [0.29, 0.717) is 0 Å². The van der Waals surface area contributed by atoms with E-state index in [1.165, 1.54) is 0 Å². The third-order valence-corrected chi connectivity index (χ3v) is 0. The summed E-state index contributed by atoms with van der Waals surface area (Å²) in [7, 11) is 0. The Bertz CT molecular complexity index is 29.9. The van der Waals surface area contributed by atoms with Gasteiger partial charge < -0.3 is 0 Å². The first kappa shape index (κ1) is 9.74. The molecule has 3 nitrogen and oxygen atoms in total. The van der Waals surface area contributed by atoms with E-state index in [2.05, 4.69) is 0 Å². The predicted octanol–water partition coefficient (Wildman–Crippen LogP) is -1.99. The fourth-order valence-corrected chi connectivity index (χ4v) is 0. The van der Waals surface area contributed by atoms with E-state index in [1.54, 1.807) is 0 Å². The second-order valence-corrected chi connectivity index (χ2v) is 1.31. The maximum Gasteiger partial charge on any atom is 0 e. The van der Waals surface area contributed by atoms with Gasteiger partial charge in [0.2, 0.25) is 0 Å². The minimum Gasteiger partial charge on any atom is 0 e. The van der Waals surface area contributed by atoms with Crippen LogP contribution >= 0.6 is 0 Å². The van der Waals surface area contributed by atoms with E-state index in [9.17, 15) is 0 Å². The molecule has 2 N–H and O–H groups in total. The van der Waals surface area contributed by atoms with Crippen LogP contribution < -0.4 is 0 Å². The van der Waals surface area contributed by atoms with Crippen molar-refractivity contribution in [2.45, 2.75) is 0 Å². The largest absolute Gasteiger partial charge is 0 e. The Hall–Kier alpha value is 1.54. The van der Waals surface area contributed by atoms with Gasteiger partial charge in [-0.05, 0) is 0 Å². The van der Waals surface area contributed by atoms with Gasteiger partial charge in [0.25, 0.3) is 0 Å². The van der Waals surface area contributed by atoms with E-state index >= 15 is 0 Å². The maximum atomic E-state index is 8.78. The van der Waals surface area contributed by atoms with Crippen molar-refractivity contribution in [3.63, 3.8) is 0 Å². The van der Waals surface area contributed by atoms with Crippen molar-refractivity contribution in [2.24, 2.45) is 0 Å². The van der Waals surface area contributed by atoms with Gasteiger partial charge >= 0.3 is 27.2 Å². The van der Waals surface area contributed by atoms with E-state index in [1.807, 2.05) is 0 Å². The van der Waals surface area contributed by atoms with Crippen molar-refractivity contribution in [1.82, 2.24) is 0 Å². The van der Waals surface area contributed by atoms with Crippen molar-refractivity contribution in [1.29, 1.82) is 0 Å². The van der Waals surface area contributed by atoms with Crippen LogP contribution in [0.2, 0.25) is 0 Å². The summed E-state index contributed by atoms with van der Waals surface area (Å²) in [5, 5.41) is 0. The number of rotatable bonds is 0. The van der Waals surface area contributed by atoms with Crippen molar-refractivity contribution < 1.29 is 11.9 Å². The summed E-state index contributed by atoms with van der Waals surface area (Å²) in [5.41, 5.74) is 0. The molecule has 0 rings (SSSR count). The fourth-order valence-electron chi connectivity index (χ4n) is 0. The molecule has 5 heteroatoms. The molecule has 0 aromatic rings. The van der Waals surface area contributed by atoms with Crippen LogP contribution in [-0.2, 0) is 3.74 Å². The molecule has 0 unspecified atom stereocenters. The topological polar surface area (TPSA) is 57.5 Å². The fraction of sp³-hybridized carbons (Fsp3) is 0. The molecule has 0 aromatic carbocycles. The minimum absolute atomic E-state index is 0. The Labute approximate surface area is 64.2 Å².